The molecule has 0 atom stereocenters. The minimum absolute atomic E-state index is 0.799. The number of hydrogen-bond acceptors (Lipinski definition) is 2. The van der Waals surface area contributed by atoms with Gasteiger partial charge in [-0.2, -0.15) is 0 Å². The van der Waals surface area contributed by atoms with Crippen LogP contribution in [0.15, 0.2) is 42.7 Å². The highest BCUT2D eigenvalue weighted by Gasteiger charge is 2.04. The zero-order chi connectivity index (χ0) is 11.4. The Bertz CT molecular complexity index is 485. The Hall–Kier alpha value is -1.35. The SMILES string of the molecule is COc1cccc(-c2ccncc2CBr)c1. The maximum atomic E-state index is 5.22. The molecule has 0 bridgehead atoms. The quantitative estimate of drug-likeness (QED) is 0.799. The van der Waals surface area contributed by atoms with E-state index in [-0.39, 0.29) is 0 Å². The first-order chi connectivity index (χ1) is 7.85. The van der Waals surface area contributed by atoms with Gasteiger partial charge in [-0.3, -0.25) is 4.98 Å². The summed E-state index contributed by atoms with van der Waals surface area (Å²) in [5.74, 6) is 0.870. The Balaban J connectivity index is 2.49. The first kappa shape index (κ1) is 11.1. The molecule has 1 aromatic heterocycles. The number of methoxy groups -OCH3 is 1. The smallest absolute Gasteiger partial charge is 0.119 e. The lowest BCUT2D eigenvalue weighted by Crippen LogP contribution is -1.89. The second-order valence-corrected chi connectivity index (χ2v) is 3.96. The summed E-state index contributed by atoms with van der Waals surface area (Å²) in [5.41, 5.74) is 3.51. The summed E-state index contributed by atoms with van der Waals surface area (Å²) in [6.07, 6.45) is 3.69. The number of halogens is 1. The van der Waals surface area contributed by atoms with Crippen LogP contribution in [0.4, 0.5) is 0 Å². The molecule has 3 heteroatoms. The topological polar surface area (TPSA) is 22.1 Å². The molecule has 2 aromatic rings. The van der Waals surface area contributed by atoms with Gasteiger partial charge in [-0.1, -0.05) is 28.1 Å². The maximum absolute atomic E-state index is 5.22. The molecule has 0 aliphatic carbocycles. The van der Waals surface area contributed by atoms with Crippen molar-refractivity contribution in [2.24, 2.45) is 0 Å². The summed E-state index contributed by atoms with van der Waals surface area (Å²) in [4.78, 5) is 4.12. The van der Waals surface area contributed by atoms with Crippen LogP contribution in [-0.2, 0) is 5.33 Å². The van der Waals surface area contributed by atoms with E-state index in [1.54, 1.807) is 13.3 Å². The molecule has 1 heterocycles. The van der Waals surface area contributed by atoms with Crippen LogP contribution >= 0.6 is 15.9 Å². The number of hydrogen-bond donors (Lipinski definition) is 0. The number of alkyl halides is 1. The molecule has 0 fully saturated rings. The van der Waals surface area contributed by atoms with E-state index >= 15 is 0 Å². The van der Waals surface area contributed by atoms with Gasteiger partial charge in [0.05, 0.1) is 7.11 Å². The lowest BCUT2D eigenvalue weighted by molar-refractivity contribution is 0.415. The number of nitrogens with zero attached hydrogens (tertiary/aromatic N) is 1. The van der Waals surface area contributed by atoms with E-state index in [1.165, 1.54) is 11.1 Å². The van der Waals surface area contributed by atoms with Gasteiger partial charge in [0.25, 0.3) is 0 Å². The van der Waals surface area contributed by atoms with E-state index in [2.05, 4.69) is 27.0 Å². The molecule has 0 aliphatic rings. The van der Waals surface area contributed by atoms with Gasteiger partial charge < -0.3 is 4.74 Å². The molecular weight excluding hydrogens is 266 g/mol. The molecule has 0 N–H and O–H groups in total. The van der Waals surface area contributed by atoms with Gasteiger partial charge in [0.2, 0.25) is 0 Å². The summed E-state index contributed by atoms with van der Waals surface area (Å²) in [7, 11) is 1.68. The Kier molecular flexibility index (Phi) is 3.57. The van der Waals surface area contributed by atoms with E-state index in [1.807, 2.05) is 30.5 Å². The monoisotopic (exact) mass is 277 g/mol. The van der Waals surface area contributed by atoms with Crippen molar-refractivity contribution in [3.63, 3.8) is 0 Å². The van der Waals surface area contributed by atoms with Crippen LogP contribution in [0.1, 0.15) is 5.56 Å². The number of ether oxygens (including phenoxy) is 1. The fraction of sp³-hybridized carbons (Fsp3) is 0.154. The predicted octanol–water partition coefficient (Wildman–Crippen LogP) is 3.65. The number of rotatable bonds is 3. The Morgan fingerprint density at radius 2 is 2.19 bits per heavy atom. The van der Waals surface area contributed by atoms with Crippen molar-refractivity contribution in [1.29, 1.82) is 0 Å². The minimum atomic E-state index is 0.799. The molecule has 1 aromatic carbocycles. The number of aromatic nitrogens is 1. The molecule has 16 heavy (non-hydrogen) atoms. The average molecular weight is 278 g/mol. The van der Waals surface area contributed by atoms with E-state index in [0.29, 0.717) is 0 Å². The fourth-order valence-corrected chi connectivity index (χ4v) is 2.05. The maximum Gasteiger partial charge on any atom is 0.119 e. The van der Waals surface area contributed by atoms with Crippen LogP contribution in [0, 0.1) is 0 Å². The molecule has 0 radical (unpaired) electrons. The second-order valence-electron chi connectivity index (χ2n) is 3.40. The largest absolute Gasteiger partial charge is 0.497 e. The fourth-order valence-electron chi connectivity index (χ4n) is 1.61. The minimum Gasteiger partial charge on any atom is -0.497 e. The zero-order valence-electron chi connectivity index (χ0n) is 8.98. The van der Waals surface area contributed by atoms with Gasteiger partial charge >= 0.3 is 0 Å². The summed E-state index contributed by atoms with van der Waals surface area (Å²) in [6, 6.07) is 10.1. The molecular formula is C13H12BrNO. The van der Waals surface area contributed by atoms with Crippen molar-refractivity contribution in [2.75, 3.05) is 7.11 Å². The van der Waals surface area contributed by atoms with Crippen LogP contribution in [0.2, 0.25) is 0 Å². The highest BCUT2D eigenvalue weighted by molar-refractivity contribution is 9.08. The lowest BCUT2D eigenvalue weighted by atomic mass is 10.0. The summed E-state index contributed by atoms with van der Waals surface area (Å²) in [5, 5.41) is 0.799. The van der Waals surface area contributed by atoms with Gasteiger partial charge in [-0.15, -0.1) is 0 Å². The summed E-state index contributed by atoms with van der Waals surface area (Å²) in [6.45, 7) is 0. The first-order valence-electron chi connectivity index (χ1n) is 4.98. The molecule has 0 saturated heterocycles. The third-order valence-electron chi connectivity index (χ3n) is 2.43. The Labute approximate surface area is 103 Å². The van der Waals surface area contributed by atoms with E-state index in [4.69, 9.17) is 4.74 Å². The molecule has 0 unspecified atom stereocenters. The normalized spacial score (nSPS) is 10.1. The molecule has 0 aliphatic heterocycles. The second kappa shape index (κ2) is 5.12. The molecule has 82 valence electrons. The predicted molar refractivity (Wildman–Crippen MR) is 68.9 cm³/mol. The summed E-state index contributed by atoms with van der Waals surface area (Å²) < 4.78 is 5.22. The lowest BCUT2D eigenvalue weighted by Gasteiger charge is -2.08. The van der Waals surface area contributed by atoms with Crippen LogP contribution in [-0.4, -0.2) is 12.1 Å². The molecule has 2 rings (SSSR count). The van der Waals surface area contributed by atoms with Gasteiger partial charge in [0, 0.05) is 17.7 Å². The Morgan fingerprint density at radius 1 is 1.31 bits per heavy atom. The van der Waals surface area contributed by atoms with Gasteiger partial charge in [0.1, 0.15) is 5.75 Å². The third kappa shape index (κ3) is 2.25. The highest BCUT2D eigenvalue weighted by atomic mass is 79.9. The van der Waals surface area contributed by atoms with Crippen LogP contribution < -0.4 is 4.74 Å². The van der Waals surface area contributed by atoms with Gasteiger partial charge in [-0.25, -0.2) is 0 Å². The molecule has 0 spiro atoms. The Morgan fingerprint density at radius 3 is 2.94 bits per heavy atom. The van der Waals surface area contributed by atoms with Crippen molar-refractivity contribution in [1.82, 2.24) is 4.98 Å². The molecule has 0 amide bonds. The number of pyridine rings is 1. The highest BCUT2D eigenvalue weighted by Crippen LogP contribution is 2.27. The molecule has 2 nitrogen and oxygen atoms in total. The van der Waals surface area contributed by atoms with Crippen LogP contribution in [0.25, 0.3) is 11.1 Å². The van der Waals surface area contributed by atoms with Crippen molar-refractivity contribution >= 4 is 15.9 Å². The van der Waals surface area contributed by atoms with Crippen molar-refractivity contribution in [3.8, 4) is 16.9 Å². The number of benzene rings is 1. The van der Waals surface area contributed by atoms with Gasteiger partial charge in [0.15, 0.2) is 0 Å². The van der Waals surface area contributed by atoms with Crippen molar-refractivity contribution in [2.45, 2.75) is 5.33 Å². The van der Waals surface area contributed by atoms with E-state index in [9.17, 15) is 0 Å². The van der Waals surface area contributed by atoms with E-state index in [0.717, 1.165) is 16.6 Å². The van der Waals surface area contributed by atoms with Crippen molar-refractivity contribution < 1.29 is 4.74 Å². The van der Waals surface area contributed by atoms with Crippen molar-refractivity contribution in [3.05, 3.63) is 48.3 Å². The standard InChI is InChI=1S/C13H12BrNO/c1-16-12-4-2-3-10(7-12)13-5-6-15-9-11(13)8-14/h2-7,9H,8H2,1H3. The zero-order valence-corrected chi connectivity index (χ0v) is 10.6. The van der Waals surface area contributed by atoms with E-state index < -0.39 is 0 Å². The average Bonchev–Trinajstić information content (AvgIpc) is 2.38. The third-order valence-corrected chi connectivity index (χ3v) is 3.03. The van der Waals surface area contributed by atoms with Crippen LogP contribution in [0.3, 0.4) is 0 Å². The molecule has 0 saturated carbocycles. The van der Waals surface area contributed by atoms with Crippen LogP contribution in [0.5, 0.6) is 5.75 Å². The first-order valence-corrected chi connectivity index (χ1v) is 6.10. The summed E-state index contributed by atoms with van der Waals surface area (Å²) >= 11 is 3.47. The van der Waals surface area contributed by atoms with Gasteiger partial charge in [-0.05, 0) is 34.9 Å².